The summed E-state index contributed by atoms with van der Waals surface area (Å²) in [7, 11) is 0. The van der Waals surface area contributed by atoms with Gasteiger partial charge in [0.1, 0.15) is 18.1 Å². The molecule has 34 heavy (non-hydrogen) atoms. The molecule has 5 rings (SSSR count). The summed E-state index contributed by atoms with van der Waals surface area (Å²) in [6.45, 7) is 0.747. The van der Waals surface area contributed by atoms with Gasteiger partial charge in [0, 0.05) is 29.8 Å². The number of halogens is 2. The van der Waals surface area contributed by atoms with Gasteiger partial charge in [-0.15, -0.1) is 0 Å². The van der Waals surface area contributed by atoms with Gasteiger partial charge < -0.3 is 9.32 Å². The summed E-state index contributed by atoms with van der Waals surface area (Å²) in [4.78, 5) is 41.1. The van der Waals surface area contributed by atoms with E-state index >= 15 is 0 Å². The molecule has 0 saturated carbocycles. The lowest BCUT2D eigenvalue weighted by atomic mass is 10.00. The van der Waals surface area contributed by atoms with E-state index in [1.807, 2.05) is 18.2 Å². The van der Waals surface area contributed by atoms with Crippen molar-refractivity contribution in [3.63, 3.8) is 0 Å². The highest BCUT2D eigenvalue weighted by Crippen LogP contribution is 2.35. The SMILES string of the molecule is O=C(CN1C(=O)S/C(=C/c2ccc(-c3cc(Cl)ccc3Cl)o2)C1=O)N1CCc2ccccc2C1. The first kappa shape index (κ1) is 22.8. The lowest BCUT2D eigenvalue weighted by Crippen LogP contribution is -2.44. The van der Waals surface area contributed by atoms with Crippen LogP contribution in [0.3, 0.4) is 0 Å². The number of carbonyl (C=O) groups excluding carboxylic acids is 3. The van der Waals surface area contributed by atoms with Crippen molar-refractivity contribution in [1.82, 2.24) is 9.80 Å². The number of carbonyl (C=O) groups is 3. The van der Waals surface area contributed by atoms with Crippen LogP contribution in [-0.4, -0.2) is 39.9 Å². The third kappa shape index (κ3) is 4.51. The van der Waals surface area contributed by atoms with E-state index in [1.54, 1.807) is 35.2 Å². The van der Waals surface area contributed by atoms with Crippen LogP contribution in [0.4, 0.5) is 4.79 Å². The number of nitrogens with zero attached hydrogens (tertiary/aromatic N) is 2. The Morgan fingerprint density at radius 3 is 2.68 bits per heavy atom. The first-order chi connectivity index (χ1) is 16.4. The molecule has 9 heteroatoms. The van der Waals surface area contributed by atoms with Crippen molar-refractivity contribution in [3.8, 4) is 11.3 Å². The fourth-order valence-electron chi connectivity index (χ4n) is 3.97. The minimum absolute atomic E-state index is 0.194. The number of rotatable bonds is 4. The fraction of sp³-hybridized carbons (Fsp3) is 0.160. The molecule has 0 spiro atoms. The third-order valence-corrected chi connectivity index (χ3v) is 7.22. The van der Waals surface area contributed by atoms with Crippen LogP contribution < -0.4 is 0 Å². The summed E-state index contributed by atoms with van der Waals surface area (Å²) in [6, 6.07) is 16.4. The number of furan rings is 1. The molecular formula is C25H18Cl2N2O4S. The quantitative estimate of drug-likeness (QED) is 0.408. The molecular weight excluding hydrogens is 495 g/mol. The maximum absolute atomic E-state index is 12.9. The minimum atomic E-state index is -0.514. The van der Waals surface area contributed by atoms with Gasteiger partial charge in [0.15, 0.2) is 0 Å². The number of fused-ring (bicyclic) bond motifs is 1. The summed E-state index contributed by atoms with van der Waals surface area (Å²) in [5.74, 6) is 0.0995. The molecule has 1 aromatic heterocycles. The van der Waals surface area contributed by atoms with Gasteiger partial charge in [-0.2, -0.15) is 0 Å². The second-order valence-corrected chi connectivity index (χ2v) is 9.76. The van der Waals surface area contributed by atoms with Crippen LogP contribution in [0.1, 0.15) is 16.9 Å². The van der Waals surface area contributed by atoms with Gasteiger partial charge in [0.25, 0.3) is 11.1 Å². The van der Waals surface area contributed by atoms with Gasteiger partial charge in [0.05, 0.1) is 9.93 Å². The molecule has 2 aliphatic rings. The smallest absolute Gasteiger partial charge is 0.294 e. The summed E-state index contributed by atoms with van der Waals surface area (Å²) < 4.78 is 5.81. The van der Waals surface area contributed by atoms with Crippen LogP contribution >= 0.6 is 35.0 Å². The van der Waals surface area contributed by atoms with Crippen molar-refractivity contribution < 1.29 is 18.8 Å². The highest BCUT2D eigenvalue weighted by Gasteiger charge is 2.37. The average Bonchev–Trinajstić information content (AvgIpc) is 3.40. The standard InChI is InChI=1S/C25H18Cl2N2O4S/c26-17-5-7-20(27)19(11-17)21-8-6-18(33-21)12-22-24(31)29(25(32)34-22)14-23(30)28-10-9-15-3-1-2-4-16(15)13-28/h1-8,11-12H,9-10,13-14H2/b22-12+. The number of imide groups is 1. The lowest BCUT2D eigenvalue weighted by Gasteiger charge is -2.29. The van der Waals surface area contributed by atoms with E-state index in [-0.39, 0.29) is 17.4 Å². The Balaban J connectivity index is 1.29. The molecule has 0 radical (unpaired) electrons. The molecule has 3 amide bonds. The monoisotopic (exact) mass is 512 g/mol. The summed E-state index contributed by atoms with van der Waals surface area (Å²) in [5.41, 5.74) is 2.93. The summed E-state index contributed by atoms with van der Waals surface area (Å²) in [5, 5.41) is 0.511. The zero-order valence-corrected chi connectivity index (χ0v) is 20.1. The highest BCUT2D eigenvalue weighted by atomic mass is 35.5. The van der Waals surface area contributed by atoms with Crippen molar-refractivity contribution in [1.29, 1.82) is 0 Å². The Morgan fingerprint density at radius 1 is 1.06 bits per heavy atom. The van der Waals surface area contributed by atoms with Gasteiger partial charge in [-0.1, -0.05) is 47.5 Å². The minimum Gasteiger partial charge on any atom is -0.457 e. The van der Waals surface area contributed by atoms with E-state index in [2.05, 4.69) is 6.07 Å². The Hall–Kier alpha value is -3.00. The molecule has 172 valence electrons. The predicted molar refractivity (Wildman–Crippen MR) is 132 cm³/mol. The number of thioether (sulfide) groups is 1. The van der Waals surface area contributed by atoms with E-state index in [1.165, 1.54) is 11.6 Å². The van der Waals surface area contributed by atoms with Crippen molar-refractivity contribution in [2.24, 2.45) is 0 Å². The van der Waals surface area contributed by atoms with Crippen molar-refractivity contribution >= 4 is 58.1 Å². The molecule has 0 N–H and O–H groups in total. The van der Waals surface area contributed by atoms with Crippen molar-refractivity contribution in [3.05, 3.63) is 86.4 Å². The Morgan fingerprint density at radius 2 is 1.85 bits per heavy atom. The Labute approximate surface area is 210 Å². The fourth-order valence-corrected chi connectivity index (χ4v) is 5.17. The number of hydrogen-bond donors (Lipinski definition) is 0. The zero-order valence-electron chi connectivity index (χ0n) is 17.8. The number of hydrogen-bond acceptors (Lipinski definition) is 5. The second-order valence-electron chi connectivity index (χ2n) is 7.93. The van der Waals surface area contributed by atoms with Gasteiger partial charge in [0.2, 0.25) is 5.91 Å². The molecule has 2 aliphatic heterocycles. The van der Waals surface area contributed by atoms with E-state index in [4.69, 9.17) is 27.6 Å². The van der Waals surface area contributed by atoms with Crippen LogP contribution in [0, 0.1) is 0 Å². The molecule has 2 aromatic carbocycles. The van der Waals surface area contributed by atoms with E-state index in [0.717, 1.165) is 28.6 Å². The maximum atomic E-state index is 12.9. The maximum Gasteiger partial charge on any atom is 0.294 e. The van der Waals surface area contributed by atoms with Gasteiger partial charge in [-0.05, 0) is 59.6 Å². The van der Waals surface area contributed by atoms with Crippen molar-refractivity contribution in [2.45, 2.75) is 13.0 Å². The molecule has 3 heterocycles. The van der Waals surface area contributed by atoms with Crippen molar-refractivity contribution in [2.75, 3.05) is 13.1 Å². The van der Waals surface area contributed by atoms with Gasteiger partial charge in [-0.25, -0.2) is 0 Å². The zero-order chi connectivity index (χ0) is 23.8. The molecule has 0 unspecified atom stereocenters. The van der Waals surface area contributed by atoms with Crippen LogP contribution in [0.25, 0.3) is 17.4 Å². The van der Waals surface area contributed by atoms with E-state index < -0.39 is 11.1 Å². The number of benzene rings is 2. The topological polar surface area (TPSA) is 70.8 Å². The van der Waals surface area contributed by atoms with E-state index in [0.29, 0.717) is 40.2 Å². The van der Waals surface area contributed by atoms with Crippen LogP contribution in [0.2, 0.25) is 10.0 Å². The Bertz CT molecular complexity index is 1350. The third-order valence-electron chi connectivity index (χ3n) is 5.74. The summed E-state index contributed by atoms with van der Waals surface area (Å²) in [6.07, 6.45) is 2.25. The Kier molecular flexibility index (Phi) is 6.25. The normalized spacial score (nSPS) is 16.9. The molecule has 0 atom stereocenters. The second kappa shape index (κ2) is 9.33. The van der Waals surface area contributed by atoms with Gasteiger partial charge in [-0.3, -0.25) is 19.3 Å². The molecule has 1 fully saturated rings. The van der Waals surface area contributed by atoms with Gasteiger partial charge >= 0.3 is 0 Å². The number of amides is 3. The molecule has 0 aliphatic carbocycles. The molecule has 6 nitrogen and oxygen atoms in total. The predicted octanol–water partition coefficient (Wildman–Crippen LogP) is 5.87. The molecule has 3 aromatic rings. The highest BCUT2D eigenvalue weighted by molar-refractivity contribution is 8.18. The largest absolute Gasteiger partial charge is 0.457 e. The van der Waals surface area contributed by atoms with Crippen LogP contribution in [-0.2, 0) is 22.6 Å². The molecule has 1 saturated heterocycles. The summed E-state index contributed by atoms with van der Waals surface area (Å²) >= 11 is 13.1. The van der Waals surface area contributed by atoms with Crippen LogP contribution in [0.15, 0.2) is 63.9 Å². The lowest BCUT2D eigenvalue weighted by molar-refractivity contribution is -0.136. The van der Waals surface area contributed by atoms with Crippen LogP contribution in [0.5, 0.6) is 0 Å². The first-order valence-electron chi connectivity index (χ1n) is 10.5. The van der Waals surface area contributed by atoms with E-state index in [9.17, 15) is 14.4 Å². The first-order valence-corrected chi connectivity index (χ1v) is 12.1. The average molecular weight is 513 g/mol. The molecule has 0 bridgehead atoms.